The zero-order valence-corrected chi connectivity index (χ0v) is 16.1. The molecule has 3 N–H and O–H groups in total. The van der Waals surface area contributed by atoms with E-state index in [0.29, 0.717) is 23.6 Å². The Morgan fingerprint density at radius 1 is 0.889 bits per heavy atom. The van der Waals surface area contributed by atoms with Crippen LogP contribution in [0.3, 0.4) is 0 Å². The molecule has 1 aliphatic heterocycles. The van der Waals surface area contributed by atoms with Gasteiger partial charge in [0.2, 0.25) is 12.7 Å². The SMILES string of the molecule is CCCCCCCCCCCC(=O)NNC(=O)Nc1ccc2c(c1)OCO2. The van der Waals surface area contributed by atoms with Gasteiger partial charge < -0.3 is 14.8 Å². The van der Waals surface area contributed by atoms with E-state index in [1.807, 2.05) is 0 Å². The Kier molecular flexibility index (Phi) is 9.30. The van der Waals surface area contributed by atoms with Gasteiger partial charge in [-0.15, -0.1) is 0 Å². The third-order valence-corrected chi connectivity index (χ3v) is 4.45. The van der Waals surface area contributed by atoms with Crippen LogP contribution in [0.15, 0.2) is 18.2 Å². The summed E-state index contributed by atoms with van der Waals surface area (Å²) in [7, 11) is 0. The number of rotatable bonds is 11. The van der Waals surface area contributed by atoms with Crippen LogP contribution in [0.25, 0.3) is 0 Å². The summed E-state index contributed by atoms with van der Waals surface area (Å²) in [6.07, 6.45) is 11.2. The molecule has 150 valence electrons. The molecular formula is C20H31N3O4. The molecule has 0 saturated heterocycles. The number of nitrogens with one attached hydrogen (secondary N) is 3. The molecular weight excluding hydrogens is 346 g/mol. The quantitative estimate of drug-likeness (QED) is 0.392. The fourth-order valence-corrected chi connectivity index (χ4v) is 2.92. The Hall–Kier alpha value is -2.44. The topological polar surface area (TPSA) is 88.7 Å². The number of anilines is 1. The molecule has 0 spiro atoms. The largest absolute Gasteiger partial charge is 0.454 e. The van der Waals surface area contributed by atoms with Crippen molar-refractivity contribution in [3.8, 4) is 11.5 Å². The summed E-state index contributed by atoms with van der Waals surface area (Å²) in [5, 5.41) is 2.63. The Balaban J connectivity index is 1.49. The summed E-state index contributed by atoms with van der Waals surface area (Å²) in [5.74, 6) is 1.05. The van der Waals surface area contributed by atoms with Gasteiger partial charge in [-0.2, -0.15) is 0 Å². The summed E-state index contributed by atoms with van der Waals surface area (Å²) >= 11 is 0. The number of amides is 3. The van der Waals surface area contributed by atoms with Crippen molar-refractivity contribution >= 4 is 17.6 Å². The van der Waals surface area contributed by atoms with E-state index in [1.54, 1.807) is 18.2 Å². The van der Waals surface area contributed by atoms with E-state index < -0.39 is 6.03 Å². The molecule has 0 radical (unpaired) electrons. The van der Waals surface area contributed by atoms with Crippen LogP contribution in [-0.2, 0) is 4.79 Å². The zero-order chi connectivity index (χ0) is 19.3. The molecule has 1 aromatic carbocycles. The monoisotopic (exact) mass is 377 g/mol. The Morgan fingerprint density at radius 3 is 2.30 bits per heavy atom. The molecule has 3 amide bonds. The van der Waals surface area contributed by atoms with Crippen molar-refractivity contribution in [1.82, 2.24) is 10.9 Å². The number of hydrogen-bond acceptors (Lipinski definition) is 4. The average molecular weight is 377 g/mol. The normalized spacial score (nSPS) is 11.9. The van der Waals surface area contributed by atoms with Crippen LogP contribution in [0.2, 0.25) is 0 Å². The van der Waals surface area contributed by atoms with Gasteiger partial charge in [-0.3, -0.25) is 10.2 Å². The molecule has 0 fully saturated rings. The molecule has 1 heterocycles. The lowest BCUT2D eigenvalue weighted by atomic mass is 10.1. The van der Waals surface area contributed by atoms with Gasteiger partial charge in [0, 0.05) is 18.2 Å². The van der Waals surface area contributed by atoms with Crippen LogP contribution >= 0.6 is 0 Å². The summed E-state index contributed by atoms with van der Waals surface area (Å²) in [5.41, 5.74) is 5.34. The lowest BCUT2D eigenvalue weighted by Crippen LogP contribution is -2.43. The fourth-order valence-electron chi connectivity index (χ4n) is 2.92. The van der Waals surface area contributed by atoms with E-state index in [-0.39, 0.29) is 12.7 Å². The number of unbranched alkanes of at least 4 members (excludes halogenated alkanes) is 8. The molecule has 0 bridgehead atoms. The highest BCUT2D eigenvalue weighted by Gasteiger charge is 2.14. The number of hydrazine groups is 1. The summed E-state index contributed by atoms with van der Waals surface area (Å²) in [6.45, 7) is 2.40. The Labute approximate surface area is 161 Å². The number of hydrogen-bond donors (Lipinski definition) is 3. The molecule has 7 heteroatoms. The standard InChI is InChI=1S/C20H31N3O4/c1-2-3-4-5-6-7-8-9-10-11-19(24)22-23-20(25)21-16-12-13-17-18(14-16)27-15-26-17/h12-14H,2-11,15H2,1H3,(H,22,24)(H2,21,23,25). The first-order valence-electron chi connectivity index (χ1n) is 9.94. The highest BCUT2D eigenvalue weighted by Crippen LogP contribution is 2.34. The van der Waals surface area contributed by atoms with Gasteiger partial charge in [0.15, 0.2) is 11.5 Å². The first kappa shape index (κ1) is 20.9. The summed E-state index contributed by atoms with van der Waals surface area (Å²) in [4.78, 5) is 23.6. The van der Waals surface area contributed by atoms with E-state index in [0.717, 1.165) is 19.3 Å². The van der Waals surface area contributed by atoms with Crippen LogP contribution < -0.4 is 25.6 Å². The molecule has 7 nitrogen and oxygen atoms in total. The number of ether oxygens (including phenoxy) is 2. The van der Waals surface area contributed by atoms with Gasteiger partial charge in [-0.05, 0) is 18.6 Å². The zero-order valence-electron chi connectivity index (χ0n) is 16.1. The second-order valence-corrected chi connectivity index (χ2v) is 6.77. The highest BCUT2D eigenvalue weighted by atomic mass is 16.7. The molecule has 0 aliphatic carbocycles. The first-order valence-corrected chi connectivity index (χ1v) is 9.94. The Morgan fingerprint density at radius 2 is 1.56 bits per heavy atom. The first-order chi connectivity index (χ1) is 13.2. The van der Waals surface area contributed by atoms with Crippen molar-refractivity contribution in [2.24, 2.45) is 0 Å². The molecule has 1 aliphatic rings. The molecule has 0 unspecified atom stereocenters. The van der Waals surface area contributed by atoms with Gasteiger partial charge in [-0.1, -0.05) is 58.3 Å². The van der Waals surface area contributed by atoms with E-state index in [4.69, 9.17) is 9.47 Å². The maximum Gasteiger partial charge on any atom is 0.337 e. The van der Waals surface area contributed by atoms with E-state index >= 15 is 0 Å². The maximum atomic E-state index is 11.8. The summed E-state index contributed by atoms with van der Waals surface area (Å²) in [6, 6.07) is 4.60. The number of fused-ring (bicyclic) bond motifs is 1. The predicted molar refractivity (Wildman–Crippen MR) is 105 cm³/mol. The van der Waals surface area contributed by atoms with Crippen molar-refractivity contribution in [2.45, 2.75) is 71.1 Å². The van der Waals surface area contributed by atoms with Crippen LogP contribution in [0.4, 0.5) is 10.5 Å². The lowest BCUT2D eigenvalue weighted by Gasteiger charge is -2.09. The molecule has 0 aromatic heterocycles. The molecule has 27 heavy (non-hydrogen) atoms. The Bertz CT molecular complexity index is 607. The molecule has 1 aromatic rings. The smallest absolute Gasteiger partial charge is 0.337 e. The summed E-state index contributed by atoms with van der Waals surface area (Å²) < 4.78 is 10.5. The lowest BCUT2D eigenvalue weighted by molar-refractivity contribution is -0.121. The molecule has 2 rings (SSSR count). The van der Waals surface area contributed by atoms with Gasteiger partial charge in [0.1, 0.15) is 0 Å². The second-order valence-electron chi connectivity index (χ2n) is 6.77. The van der Waals surface area contributed by atoms with E-state index in [1.165, 1.54) is 38.5 Å². The van der Waals surface area contributed by atoms with Gasteiger partial charge in [-0.25, -0.2) is 10.2 Å². The number of carbonyl (C=O) groups excluding carboxylic acids is 2. The predicted octanol–water partition coefficient (Wildman–Crippen LogP) is 4.49. The minimum absolute atomic E-state index is 0.180. The fraction of sp³-hybridized carbons (Fsp3) is 0.600. The molecule has 0 atom stereocenters. The van der Waals surface area contributed by atoms with Gasteiger partial charge in [0.05, 0.1) is 0 Å². The number of carbonyl (C=O) groups is 2. The van der Waals surface area contributed by atoms with Gasteiger partial charge >= 0.3 is 6.03 Å². The average Bonchev–Trinajstić information content (AvgIpc) is 3.13. The number of urea groups is 1. The minimum atomic E-state index is -0.505. The van der Waals surface area contributed by atoms with Crippen LogP contribution in [0.1, 0.15) is 71.1 Å². The van der Waals surface area contributed by atoms with Crippen LogP contribution in [-0.4, -0.2) is 18.7 Å². The van der Waals surface area contributed by atoms with Gasteiger partial charge in [0.25, 0.3) is 0 Å². The van der Waals surface area contributed by atoms with Crippen molar-refractivity contribution in [1.29, 1.82) is 0 Å². The highest BCUT2D eigenvalue weighted by molar-refractivity contribution is 5.91. The maximum absolute atomic E-state index is 11.8. The minimum Gasteiger partial charge on any atom is -0.454 e. The second kappa shape index (κ2) is 12.0. The van der Waals surface area contributed by atoms with Crippen LogP contribution in [0, 0.1) is 0 Å². The van der Waals surface area contributed by atoms with Crippen molar-refractivity contribution in [2.75, 3.05) is 12.1 Å². The molecule has 0 saturated carbocycles. The number of benzene rings is 1. The van der Waals surface area contributed by atoms with Crippen LogP contribution in [0.5, 0.6) is 11.5 Å². The third-order valence-electron chi connectivity index (χ3n) is 4.45. The van der Waals surface area contributed by atoms with E-state index in [9.17, 15) is 9.59 Å². The van der Waals surface area contributed by atoms with Crippen molar-refractivity contribution in [3.63, 3.8) is 0 Å². The van der Waals surface area contributed by atoms with Crippen molar-refractivity contribution in [3.05, 3.63) is 18.2 Å². The van der Waals surface area contributed by atoms with E-state index in [2.05, 4.69) is 23.1 Å². The van der Waals surface area contributed by atoms with Crippen molar-refractivity contribution < 1.29 is 19.1 Å². The third kappa shape index (κ3) is 8.19.